The molecule has 2 aliphatic carbocycles. The molecule has 2 bridgehead atoms. The summed E-state index contributed by atoms with van der Waals surface area (Å²) >= 11 is 0. The molecule has 0 amide bonds. The van der Waals surface area contributed by atoms with Crippen LogP contribution in [0.1, 0.15) is 47.9 Å². The van der Waals surface area contributed by atoms with Crippen LogP contribution in [0.5, 0.6) is 0 Å². The van der Waals surface area contributed by atoms with E-state index in [1.54, 1.807) is 6.07 Å². The molecule has 1 aliphatic heterocycles. The van der Waals surface area contributed by atoms with Crippen LogP contribution in [0.3, 0.4) is 0 Å². The molecule has 1 aromatic heterocycles. The summed E-state index contributed by atoms with van der Waals surface area (Å²) in [6.45, 7) is 0. The molecule has 2 heterocycles. The molecule has 0 saturated heterocycles. The highest BCUT2D eigenvalue weighted by molar-refractivity contribution is 5.88. The highest BCUT2D eigenvalue weighted by Gasteiger charge is 2.54. The van der Waals surface area contributed by atoms with E-state index in [0.717, 1.165) is 16.8 Å². The lowest BCUT2D eigenvalue weighted by Crippen LogP contribution is -2.35. The molecule has 0 spiro atoms. The van der Waals surface area contributed by atoms with E-state index < -0.39 is 5.82 Å². The van der Waals surface area contributed by atoms with E-state index in [4.69, 9.17) is 0 Å². The third-order valence-electron chi connectivity index (χ3n) is 7.15. The molecule has 5 heteroatoms. The number of hydrogen-bond donors (Lipinski definition) is 2. The van der Waals surface area contributed by atoms with Crippen molar-refractivity contribution in [3.63, 3.8) is 0 Å². The van der Waals surface area contributed by atoms with Gasteiger partial charge in [-0.15, -0.1) is 0 Å². The number of anilines is 1. The fourth-order valence-corrected chi connectivity index (χ4v) is 6.16. The number of nitrogens with zero attached hydrogens (tertiary/aromatic N) is 2. The van der Waals surface area contributed by atoms with E-state index in [2.05, 4.69) is 27.6 Å². The highest BCUT2D eigenvalue weighted by atomic mass is 19.1. The van der Waals surface area contributed by atoms with Crippen LogP contribution in [0, 0.1) is 34.9 Å². The van der Waals surface area contributed by atoms with Gasteiger partial charge in [0, 0.05) is 11.1 Å². The van der Waals surface area contributed by atoms with Gasteiger partial charge in [0.05, 0.1) is 23.3 Å². The topological polar surface area (TPSA) is 64.5 Å². The minimum atomic E-state index is -0.443. The molecule has 3 aromatic rings. The quantitative estimate of drug-likeness (QED) is 0.652. The van der Waals surface area contributed by atoms with Gasteiger partial charge in [0.15, 0.2) is 0 Å². The van der Waals surface area contributed by atoms with Crippen molar-refractivity contribution in [3.05, 3.63) is 59.0 Å². The van der Waals surface area contributed by atoms with Crippen molar-refractivity contribution in [2.45, 2.75) is 31.2 Å². The molecule has 4 nitrogen and oxygen atoms in total. The van der Waals surface area contributed by atoms with Crippen LogP contribution < -0.4 is 5.32 Å². The number of aromatic nitrogens is 2. The fourth-order valence-electron chi connectivity index (χ4n) is 6.16. The number of nitriles is 1. The minimum absolute atomic E-state index is 0.120. The Kier molecular flexibility index (Phi) is 3.00. The second kappa shape index (κ2) is 5.32. The number of rotatable bonds is 1. The predicted octanol–water partition coefficient (Wildman–Crippen LogP) is 4.87. The van der Waals surface area contributed by atoms with Gasteiger partial charge in [0.2, 0.25) is 0 Å². The standard InChI is InChI=1S/C22H19FN4/c23-16-4-3-13(8-14(16)9-24)22-20-12-2-1-11(7-12)19(20)21-15-10-25-27-17(15)5-6-18(21)26-22/h3-6,8,10-12,19-20,22,26H,1-2,7H2,(H,25,27)/t11?,12?,19-,20+,22-/m0/s1. The Labute approximate surface area is 156 Å². The summed E-state index contributed by atoms with van der Waals surface area (Å²) in [5.41, 5.74) is 4.80. The van der Waals surface area contributed by atoms with Gasteiger partial charge in [-0.3, -0.25) is 5.10 Å². The van der Waals surface area contributed by atoms with Gasteiger partial charge < -0.3 is 5.32 Å². The molecule has 2 fully saturated rings. The molecule has 134 valence electrons. The number of fused-ring (bicyclic) bond motifs is 9. The molecule has 2 saturated carbocycles. The lowest BCUT2D eigenvalue weighted by molar-refractivity contribution is 0.249. The van der Waals surface area contributed by atoms with Crippen molar-refractivity contribution < 1.29 is 4.39 Å². The Balaban J connectivity index is 1.55. The van der Waals surface area contributed by atoms with Gasteiger partial charge in [0.1, 0.15) is 11.9 Å². The first-order valence-electron chi connectivity index (χ1n) is 9.66. The maximum Gasteiger partial charge on any atom is 0.140 e. The SMILES string of the molecule is N#Cc1cc([C@@H]2Nc3ccc4[nH]ncc4c3[C@H]3C4CCC(C4)[C@@H]23)ccc1F. The van der Waals surface area contributed by atoms with Crippen molar-refractivity contribution in [2.24, 2.45) is 17.8 Å². The van der Waals surface area contributed by atoms with Gasteiger partial charge in [0.25, 0.3) is 0 Å². The summed E-state index contributed by atoms with van der Waals surface area (Å²) in [7, 11) is 0. The van der Waals surface area contributed by atoms with Crippen LogP contribution >= 0.6 is 0 Å². The molecule has 6 rings (SSSR count). The van der Waals surface area contributed by atoms with Gasteiger partial charge in [-0.05, 0) is 78.3 Å². The van der Waals surface area contributed by atoms with Crippen LogP contribution in [-0.4, -0.2) is 10.2 Å². The van der Waals surface area contributed by atoms with Crippen molar-refractivity contribution >= 4 is 16.6 Å². The number of benzene rings is 2. The molecule has 2 aromatic carbocycles. The molecule has 2 unspecified atom stereocenters. The number of H-pyrrole nitrogens is 1. The first-order valence-corrected chi connectivity index (χ1v) is 9.66. The predicted molar refractivity (Wildman–Crippen MR) is 101 cm³/mol. The first-order chi connectivity index (χ1) is 13.2. The van der Waals surface area contributed by atoms with Crippen LogP contribution in [0.15, 0.2) is 36.5 Å². The Morgan fingerprint density at radius 1 is 1.15 bits per heavy atom. The first kappa shape index (κ1) is 15.2. The third-order valence-corrected chi connectivity index (χ3v) is 7.15. The van der Waals surface area contributed by atoms with E-state index in [0.29, 0.717) is 23.7 Å². The zero-order valence-electron chi connectivity index (χ0n) is 14.7. The van der Waals surface area contributed by atoms with E-state index >= 15 is 0 Å². The van der Waals surface area contributed by atoms with Crippen LogP contribution in [-0.2, 0) is 0 Å². The monoisotopic (exact) mass is 358 g/mol. The van der Waals surface area contributed by atoms with Crippen molar-refractivity contribution in [1.29, 1.82) is 5.26 Å². The zero-order valence-corrected chi connectivity index (χ0v) is 14.7. The van der Waals surface area contributed by atoms with E-state index in [1.807, 2.05) is 18.3 Å². The molecule has 27 heavy (non-hydrogen) atoms. The second-order valence-electron chi connectivity index (χ2n) is 8.27. The summed E-state index contributed by atoms with van der Waals surface area (Å²) < 4.78 is 13.9. The van der Waals surface area contributed by atoms with E-state index in [9.17, 15) is 9.65 Å². The molecule has 5 atom stereocenters. The lowest BCUT2D eigenvalue weighted by atomic mass is 9.67. The number of halogens is 1. The smallest absolute Gasteiger partial charge is 0.140 e. The molecular formula is C22H19FN4. The van der Waals surface area contributed by atoms with Gasteiger partial charge in [-0.25, -0.2) is 4.39 Å². The van der Waals surface area contributed by atoms with E-state index in [-0.39, 0.29) is 11.6 Å². The van der Waals surface area contributed by atoms with Crippen LogP contribution in [0.25, 0.3) is 10.9 Å². The Morgan fingerprint density at radius 3 is 2.93 bits per heavy atom. The molecule has 3 aliphatic rings. The van der Waals surface area contributed by atoms with Crippen molar-refractivity contribution in [1.82, 2.24) is 10.2 Å². The Bertz CT molecular complexity index is 1110. The van der Waals surface area contributed by atoms with Crippen LogP contribution in [0.4, 0.5) is 10.1 Å². The van der Waals surface area contributed by atoms with Crippen molar-refractivity contribution in [2.75, 3.05) is 5.32 Å². The summed E-state index contributed by atoms with van der Waals surface area (Å²) in [6.07, 6.45) is 5.78. The highest BCUT2D eigenvalue weighted by Crippen LogP contribution is 2.64. The van der Waals surface area contributed by atoms with Gasteiger partial charge >= 0.3 is 0 Å². The summed E-state index contributed by atoms with van der Waals surface area (Å²) in [5, 5.41) is 21.6. The summed E-state index contributed by atoms with van der Waals surface area (Å²) in [5.74, 6) is 1.93. The molecule has 0 radical (unpaired) electrons. The summed E-state index contributed by atoms with van der Waals surface area (Å²) in [4.78, 5) is 0. The molecule has 2 N–H and O–H groups in total. The van der Waals surface area contributed by atoms with Crippen LogP contribution in [0.2, 0.25) is 0 Å². The van der Waals surface area contributed by atoms with E-state index in [1.165, 1.54) is 36.3 Å². The lowest BCUT2D eigenvalue weighted by Gasteiger charge is -2.43. The second-order valence-corrected chi connectivity index (χ2v) is 8.27. The van der Waals surface area contributed by atoms with Crippen molar-refractivity contribution in [3.8, 4) is 6.07 Å². The van der Waals surface area contributed by atoms with Gasteiger partial charge in [-0.2, -0.15) is 10.4 Å². The molecular weight excluding hydrogens is 339 g/mol. The fraction of sp³-hybridized carbons (Fsp3) is 0.364. The maximum atomic E-state index is 13.9. The Morgan fingerprint density at radius 2 is 2.04 bits per heavy atom. The zero-order chi connectivity index (χ0) is 18.1. The average Bonchev–Trinajstić information content (AvgIpc) is 3.43. The largest absolute Gasteiger partial charge is 0.378 e. The average molecular weight is 358 g/mol. The summed E-state index contributed by atoms with van der Waals surface area (Å²) in [6, 6.07) is 11.3. The number of hydrogen-bond acceptors (Lipinski definition) is 3. The number of nitrogens with one attached hydrogen (secondary N) is 2. The number of aromatic amines is 1. The normalized spacial score (nSPS) is 30.6. The Hall–Kier alpha value is -2.87. The maximum absolute atomic E-state index is 13.9. The minimum Gasteiger partial charge on any atom is -0.378 e. The van der Waals surface area contributed by atoms with Gasteiger partial charge in [-0.1, -0.05) is 6.07 Å². The third kappa shape index (κ3) is 1.98.